The molecule has 3 aromatic heterocycles. The number of rotatable bonds is 7. The number of nitrogens with zero attached hydrogens (tertiary/aromatic N) is 4. The zero-order valence-electron chi connectivity index (χ0n) is 19.5. The van der Waals surface area contributed by atoms with Crippen LogP contribution in [0.2, 0.25) is 0 Å². The topological polar surface area (TPSA) is 103 Å². The quantitative estimate of drug-likeness (QED) is 0.410. The van der Waals surface area contributed by atoms with Gasteiger partial charge in [0, 0.05) is 30.9 Å². The molecule has 178 valence electrons. The molecule has 34 heavy (non-hydrogen) atoms. The molecule has 1 aliphatic rings. The largest absolute Gasteiger partial charge is 0.464 e. The normalized spacial score (nSPS) is 20.0. The van der Waals surface area contributed by atoms with Crippen molar-refractivity contribution in [1.29, 1.82) is 0 Å². The SMILES string of the molecule is [B]C(C)(F)c1cn2c(NC3CCC(NC(=O)c4cc(C(=O)OC)n(CC)n4)CC3)cccc2n1. The third-order valence-corrected chi connectivity index (χ3v) is 6.11. The number of esters is 1. The van der Waals surface area contributed by atoms with Crippen molar-refractivity contribution in [3.05, 3.63) is 47.5 Å². The predicted molar refractivity (Wildman–Crippen MR) is 126 cm³/mol. The number of anilines is 1. The van der Waals surface area contributed by atoms with Crippen LogP contribution >= 0.6 is 0 Å². The molecule has 1 amide bonds. The maximum Gasteiger partial charge on any atom is 0.356 e. The summed E-state index contributed by atoms with van der Waals surface area (Å²) >= 11 is 0. The molecular formula is C23H28BFN6O3. The number of amides is 1. The molecule has 0 spiro atoms. The second-order valence-corrected chi connectivity index (χ2v) is 8.73. The molecule has 0 aliphatic heterocycles. The molecule has 4 rings (SSSR count). The van der Waals surface area contributed by atoms with Crippen LogP contribution in [0.3, 0.4) is 0 Å². The predicted octanol–water partition coefficient (Wildman–Crippen LogP) is 2.80. The number of aryl methyl sites for hydroxylation is 1. The molecule has 9 nitrogen and oxygen atoms in total. The number of pyridine rings is 1. The molecule has 3 heterocycles. The highest BCUT2D eigenvalue weighted by Gasteiger charge is 2.26. The number of carbonyl (C=O) groups is 2. The lowest BCUT2D eigenvalue weighted by atomic mass is 9.83. The van der Waals surface area contributed by atoms with Gasteiger partial charge in [-0.25, -0.2) is 14.2 Å². The Labute approximate surface area is 198 Å². The number of aromatic nitrogens is 4. The van der Waals surface area contributed by atoms with Gasteiger partial charge in [-0.05, 0) is 51.7 Å². The van der Waals surface area contributed by atoms with E-state index in [0.29, 0.717) is 12.2 Å². The Morgan fingerprint density at radius 2 is 1.97 bits per heavy atom. The summed E-state index contributed by atoms with van der Waals surface area (Å²) < 4.78 is 22.2. The molecular weight excluding hydrogens is 438 g/mol. The van der Waals surface area contributed by atoms with Crippen molar-refractivity contribution in [2.75, 3.05) is 12.4 Å². The zero-order chi connectivity index (χ0) is 24.5. The number of methoxy groups -OCH3 is 1. The van der Waals surface area contributed by atoms with E-state index in [4.69, 9.17) is 12.6 Å². The van der Waals surface area contributed by atoms with Crippen LogP contribution in [0.15, 0.2) is 30.5 Å². The molecule has 1 saturated carbocycles. The highest BCUT2D eigenvalue weighted by atomic mass is 19.1. The number of hydrogen-bond acceptors (Lipinski definition) is 6. The van der Waals surface area contributed by atoms with Crippen LogP contribution in [0.5, 0.6) is 0 Å². The van der Waals surface area contributed by atoms with E-state index in [1.54, 1.807) is 16.7 Å². The van der Waals surface area contributed by atoms with Crippen molar-refractivity contribution in [3.63, 3.8) is 0 Å². The standard InChI is InChI=1S/C23H28BFN6O3/c1-4-31-17(22(33)34-3)12-16(29-31)21(32)27-15-10-8-14(9-11-15)26-19-6-5-7-20-28-18(13-30(19)20)23(2,24)25/h5-7,12-15,26H,4,8-11H2,1-3H3,(H,27,32). The van der Waals surface area contributed by atoms with Crippen molar-refractivity contribution >= 4 is 31.2 Å². The van der Waals surface area contributed by atoms with Gasteiger partial charge in [-0.1, -0.05) is 6.07 Å². The number of carbonyl (C=O) groups excluding carboxylic acids is 2. The lowest BCUT2D eigenvalue weighted by Crippen LogP contribution is -2.40. The highest BCUT2D eigenvalue weighted by Crippen LogP contribution is 2.26. The molecule has 1 atom stereocenters. The average Bonchev–Trinajstić information content (AvgIpc) is 3.45. The average molecular weight is 466 g/mol. The van der Waals surface area contributed by atoms with Crippen LogP contribution < -0.4 is 10.6 Å². The Bertz CT molecular complexity index is 1190. The number of ether oxygens (including phenoxy) is 1. The Morgan fingerprint density at radius 1 is 1.26 bits per heavy atom. The third kappa shape index (κ3) is 4.93. The second kappa shape index (κ2) is 9.48. The first-order valence-corrected chi connectivity index (χ1v) is 11.4. The van der Waals surface area contributed by atoms with Crippen LogP contribution in [0.1, 0.15) is 66.2 Å². The van der Waals surface area contributed by atoms with Gasteiger partial charge in [-0.15, -0.1) is 0 Å². The van der Waals surface area contributed by atoms with Gasteiger partial charge in [0.15, 0.2) is 5.69 Å². The van der Waals surface area contributed by atoms with E-state index >= 15 is 0 Å². The van der Waals surface area contributed by atoms with Gasteiger partial charge in [0.2, 0.25) is 0 Å². The summed E-state index contributed by atoms with van der Waals surface area (Å²) in [5, 5.41) is 10.8. The van der Waals surface area contributed by atoms with Gasteiger partial charge in [0.1, 0.15) is 30.6 Å². The van der Waals surface area contributed by atoms with Gasteiger partial charge >= 0.3 is 5.97 Å². The minimum absolute atomic E-state index is 0.0130. The van der Waals surface area contributed by atoms with Crippen molar-refractivity contribution in [2.45, 2.75) is 63.7 Å². The van der Waals surface area contributed by atoms with E-state index < -0.39 is 11.5 Å². The summed E-state index contributed by atoms with van der Waals surface area (Å²) in [7, 11) is 6.86. The molecule has 2 radical (unpaired) electrons. The van der Waals surface area contributed by atoms with Crippen molar-refractivity contribution < 1.29 is 18.7 Å². The maximum atomic E-state index is 14.1. The van der Waals surface area contributed by atoms with Crippen LogP contribution in [-0.4, -0.2) is 58.1 Å². The van der Waals surface area contributed by atoms with Crippen molar-refractivity contribution in [2.24, 2.45) is 0 Å². The van der Waals surface area contributed by atoms with Crippen molar-refractivity contribution in [1.82, 2.24) is 24.5 Å². The summed E-state index contributed by atoms with van der Waals surface area (Å²) in [5.74, 6) is -0.0171. The fraction of sp³-hybridized carbons (Fsp3) is 0.478. The minimum Gasteiger partial charge on any atom is -0.464 e. The Kier molecular flexibility index (Phi) is 6.63. The summed E-state index contributed by atoms with van der Waals surface area (Å²) in [6.07, 6.45) is 4.88. The van der Waals surface area contributed by atoms with E-state index in [9.17, 15) is 14.0 Å². The number of alkyl halides is 1. The first kappa shape index (κ1) is 23.8. The van der Waals surface area contributed by atoms with E-state index in [1.165, 1.54) is 24.8 Å². The second-order valence-electron chi connectivity index (χ2n) is 8.73. The summed E-state index contributed by atoms with van der Waals surface area (Å²) in [4.78, 5) is 28.9. The third-order valence-electron chi connectivity index (χ3n) is 6.11. The fourth-order valence-corrected chi connectivity index (χ4v) is 4.25. The maximum absolute atomic E-state index is 14.1. The lowest BCUT2D eigenvalue weighted by Gasteiger charge is -2.30. The fourth-order valence-electron chi connectivity index (χ4n) is 4.25. The first-order chi connectivity index (χ1) is 16.2. The van der Waals surface area contributed by atoms with Crippen molar-refractivity contribution in [3.8, 4) is 0 Å². The number of hydrogen-bond donors (Lipinski definition) is 2. The van der Waals surface area contributed by atoms with Gasteiger partial charge in [-0.3, -0.25) is 13.9 Å². The van der Waals surface area contributed by atoms with Crippen LogP contribution in [0.4, 0.5) is 10.2 Å². The summed E-state index contributed by atoms with van der Waals surface area (Å²) in [5.41, 5.74) is -0.765. The van der Waals surface area contributed by atoms with E-state index in [1.807, 2.05) is 19.1 Å². The van der Waals surface area contributed by atoms with E-state index in [-0.39, 0.29) is 35.1 Å². The van der Waals surface area contributed by atoms with Crippen LogP contribution in [0.25, 0.3) is 5.65 Å². The van der Waals surface area contributed by atoms with Gasteiger partial charge in [0.25, 0.3) is 5.91 Å². The molecule has 1 unspecified atom stereocenters. The Hall–Kier alpha value is -3.37. The first-order valence-electron chi connectivity index (χ1n) is 11.4. The van der Waals surface area contributed by atoms with Gasteiger partial charge in [0.05, 0.1) is 12.8 Å². The molecule has 1 fully saturated rings. The molecule has 1 aliphatic carbocycles. The molecule has 0 saturated heterocycles. The van der Waals surface area contributed by atoms with E-state index in [0.717, 1.165) is 31.5 Å². The lowest BCUT2D eigenvalue weighted by molar-refractivity contribution is 0.0586. The zero-order valence-corrected chi connectivity index (χ0v) is 19.5. The Morgan fingerprint density at radius 3 is 2.62 bits per heavy atom. The monoisotopic (exact) mass is 466 g/mol. The minimum atomic E-state index is -2.01. The number of fused-ring (bicyclic) bond motifs is 1. The molecule has 3 aromatic rings. The summed E-state index contributed by atoms with van der Waals surface area (Å²) in [6, 6.07) is 7.26. The van der Waals surface area contributed by atoms with Crippen LogP contribution in [-0.2, 0) is 16.8 Å². The number of imidazole rings is 1. The van der Waals surface area contributed by atoms with Crippen LogP contribution in [0, 0.1) is 0 Å². The molecule has 2 N–H and O–H groups in total. The molecule has 11 heteroatoms. The number of halogens is 1. The van der Waals surface area contributed by atoms with E-state index in [2.05, 4.69) is 20.7 Å². The molecule has 0 aromatic carbocycles. The van der Waals surface area contributed by atoms with Gasteiger partial charge in [-0.2, -0.15) is 5.10 Å². The molecule has 0 bridgehead atoms. The number of nitrogens with one attached hydrogen (secondary N) is 2. The summed E-state index contributed by atoms with van der Waals surface area (Å²) in [6.45, 7) is 3.57. The highest BCUT2D eigenvalue weighted by molar-refractivity contribution is 6.14. The smallest absolute Gasteiger partial charge is 0.356 e. The Balaban J connectivity index is 1.36. The van der Waals surface area contributed by atoms with Gasteiger partial charge < -0.3 is 15.4 Å².